The molecule has 1 heterocycles. The summed E-state index contributed by atoms with van der Waals surface area (Å²) in [5, 5.41) is 9.06. The third kappa shape index (κ3) is 5.98. The third-order valence-corrected chi connectivity index (χ3v) is 4.58. The van der Waals surface area contributed by atoms with E-state index in [0.717, 1.165) is 5.56 Å². The fraction of sp³-hybridized carbons (Fsp3) is 0.643. The maximum absolute atomic E-state index is 12.1. The van der Waals surface area contributed by atoms with Crippen LogP contribution in [0.3, 0.4) is 0 Å². The van der Waals surface area contributed by atoms with Crippen molar-refractivity contribution in [1.29, 1.82) is 0 Å². The van der Waals surface area contributed by atoms with Gasteiger partial charge in [-0.1, -0.05) is 20.8 Å². The van der Waals surface area contributed by atoms with E-state index in [-0.39, 0.29) is 23.8 Å². The highest BCUT2D eigenvalue weighted by molar-refractivity contribution is 7.89. The average Bonchev–Trinajstić information content (AvgIpc) is 2.36. The van der Waals surface area contributed by atoms with Gasteiger partial charge in [-0.25, -0.2) is 13.1 Å². The number of aliphatic hydroxyl groups is 1. The minimum Gasteiger partial charge on any atom is -0.396 e. The van der Waals surface area contributed by atoms with Crippen molar-refractivity contribution >= 4 is 10.0 Å². The molecule has 20 heavy (non-hydrogen) atoms. The number of nitrogens with one attached hydrogen (secondary N) is 1. The van der Waals surface area contributed by atoms with Crippen molar-refractivity contribution in [2.24, 2.45) is 5.41 Å². The summed E-state index contributed by atoms with van der Waals surface area (Å²) in [6.07, 6.45) is 4.17. The van der Waals surface area contributed by atoms with E-state index < -0.39 is 10.0 Å². The molecular formula is C14H24N2O3S. The molecule has 1 aromatic rings. The molecule has 1 aromatic heterocycles. The molecule has 2 N–H and O–H groups in total. The maximum atomic E-state index is 12.1. The molecule has 0 spiro atoms. The van der Waals surface area contributed by atoms with Gasteiger partial charge < -0.3 is 5.11 Å². The standard InChI is InChI=1S/C14H24N2O3S/c1-14(2,3)13(6-10-17)16-20(18,19)11-7-12-4-8-15-9-5-12/h4-5,8-9,13,16-17H,6-7,10-11H2,1-3H3. The van der Waals surface area contributed by atoms with Crippen LogP contribution in [-0.2, 0) is 16.4 Å². The van der Waals surface area contributed by atoms with Gasteiger partial charge in [-0.3, -0.25) is 4.98 Å². The van der Waals surface area contributed by atoms with Gasteiger partial charge in [-0.05, 0) is 36.0 Å². The second-order valence-corrected chi connectivity index (χ2v) is 7.85. The van der Waals surface area contributed by atoms with Crippen molar-refractivity contribution in [3.8, 4) is 0 Å². The number of nitrogens with zero attached hydrogens (tertiary/aromatic N) is 1. The van der Waals surface area contributed by atoms with E-state index >= 15 is 0 Å². The van der Waals surface area contributed by atoms with Gasteiger partial charge in [0.1, 0.15) is 0 Å². The Balaban J connectivity index is 2.64. The van der Waals surface area contributed by atoms with Crippen molar-refractivity contribution in [2.75, 3.05) is 12.4 Å². The van der Waals surface area contributed by atoms with Crippen molar-refractivity contribution in [3.63, 3.8) is 0 Å². The Bertz CT molecular complexity index is 495. The molecule has 0 radical (unpaired) electrons. The van der Waals surface area contributed by atoms with Crippen LogP contribution >= 0.6 is 0 Å². The van der Waals surface area contributed by atoms with Crippen molar-refractivity contribution < 1.29 is 13.5 Å². The van der Waals surface area contributed by atoms with Crippen LogP contribution < -0.4 is 4.72 Å². The number of pyridine rings is 1. The van der Waals surface area contributed by atoms with Gasteiger partial charge in [-0.2, -0.15) is 0 Å². The second-order valence-electron chi connectivity index (χ2n) is 5.97. The molecule has 0 saturated heterocycles. The van der Waals surface area contributed by atoms with Gasteiger partial charge in [0.15, 0.2) is 0 Å². The Morgan fingerprint density at radius 1 is 1.30 bits per heavy atom. The molecule has 6 heteroatoms. The van der Waals surface area contributed by atoms with Crippen LogP contribution in [0.5, 0.6) is 0 Å². The highest BCUT2D eigenvalue weighted by Crippen LogP contribution is 2.22. The lowest BCUT2D eigenvalue weighted by molar-refractivity contribution is 0.214. The largest absolute Gasteiger partial charge is 0.396 e. The summed E-state index contributed by atoms with van der Waals surface area (Å²) in [6.45, 7) is 5.84. The van der Waals surface area contributed by atoms with Gasteiger partial charge in [-0.15, -0.1) is 0 Å². The lowest BCUT2D eigenvalue weighted by atomic mass is 9.86. The third-order valence-electron chi connectivity index (χ3n) is 3.19. The predicted molar refractivity (Wildman–Crippen MR) is 79.8 cm³/mol. The van der Waals surface area contributed by atoms with Crippen LogP contribution in [-0.4, -0.2) is 36.9 Å². The number of hydrogen-bond acceptors (Lipinski definition) is 4. The molecule has 5 nitrogen and oxygen atoms in total. The first-order chi connectivity index (χ1) is 9.24. The Morgan fingerprint density at radius 2 is 1.90 bits per heavy atom. The SMILES string of the molecule is CC(C)(C)C(CCO)NS(=O)(=O)CCc1ccncc1. The lowest BCUT2D eigenvalue weighted by Gasteiger charge is -2.30. The van der Waals surface area contributed by atoms with Crippen LogP contribution in [0.15, 0.2) is 24.5 Å². The highest BCUT2D eigenvalue weighted by Gasteiger charge is 2.28. The number of sulfonamides is 1. The van der Waals surface area contributed by atoms with Gasteiger partial charge in [0.05, 0.1) is 5.75 Å². The predicted octanol–water partition coefficient (Wildman–Crippen LogP) is 1.34. The van der Waals surface area contributed by atoms with Crippen molar-refractivity contribution in [1.82, 2.24) is 9.71 Å². The van der Waals surface area contributed by atoms with Crippen LogP contribution in [0, 0.1) is 5.41 Å². The summed E-state index contributed by atoms with van der Waals surface area (Å²) in [5.41, 5.74) is 0.715. The summed E-state index contributed by atoms with van der Waals surface area (Å²) in [6, 6.07) is 3.35. The van der Waals surface area contributed by atoms with Gasteiger partial charge in [0.25, 0.3) is 0 Å². The zero-order valence-electron chi connectivity index (χ0n) is 12.3. The molecule has 1 rings (SSSR count). The molecule has 0 aliphatic rings. The van der Waals surface area contributed by atoms with Crippen LogP contribution in [0.1, 0.15) is 32.8 Å². The zero-order chi connectivity index (χ0) is 15.2. The van der Waals surface area contributed by atoms with Gasteiger partial charge >= 0.3 is 0 Å². The van der Waals surface area contributed by atoms with Gasteiger partial charge in [0.2, 0.25) is 10.0 Å². The summed E-state index contributed by atoms with van der Waals surface area (Å²) in [7, 11) is -3.37. The van der Waals surface area contributed by atoms with E-state index in [2.05, 4.69) is 9.71 Å². The number of aromatic nitrogens is 1. The summed E-state index contributed by atoms with van der Waals surface area (Å²) >= 11 is 0. The summed E-state index contributed by atoms with van der Waals surface area (Å²) < 4.78 is 27.0. The van der Waals surface area contributed by atoms with Crippen LogP contribution in [0.4, 0.5) is 0 Å². The molecule has 114 valence electrons. The first kappa shape index (κ1) is 17.1. The van der Waals surface area contributed by atoms with Crippen molar-refractivity contribution in [3.05, 3.63) is 30.1 Å². The molecule has 0 amide bonds. The Labute approximate surface area is 121 Å². The van der Waals surface area contributed by atoms with E-state index in [9.17, 15) is 8.42 Å². The van der Waals surface area contributed by atoms with Crippen LogP contribution in [0.2, 0.25) is 0 Å². The molecule has 0 fully saturated rings. The lowest BCUT2D eigenvalue weighted by Crippen LogP contribution is -2.45. The van der Waals surface area contributed by atoms with E-state index in [1.807, 2.05) is 32.9 Å². The smallest absolute Gasteiger partial charge is 0.212 e. The Kier molecular flexibility index (Phi) is 6.10. The quantitative estimate of drug-likeness (QED) is 0.796. The molecule has 1 unspecified atom stereocenters. The maximum Gasteiger partial charge on any atom is 0.212 e. The number of hydrogen-bond donors (Lipinski definition) is 2. The van der Waals surface area contributed by atoms with Crippen LogP contribution in [0.25, 0.3) is 0 Å². The first-order valence-corrected chi connectivity index (χ1v) is 8.39. The molecule has 1 atom stereocenters. The molecule has 0 aromatic carbocycles. The Morgan fingerprint density at radius 3 is 2.40 bits per heavy atom. The fourth-order valence-electron chi connectivity index (χ4n) is 1.88. The molecule has 0 saturated carbocycles. The minimum absolute atomic E-state index is 0.0329. The van der Waals surface area contributed by atoms with Crippen molar-refractivity contribution in [2.45, 2.75) is 39.7 Å². The highest BCUT2D eigenvalue weighted by atomic mass is 32.2. The van der Waals surface area contributed by atoms with E-state index in [4.69, 9.17) is 5.11 Å². The second kappa shape index (κ2) is 7.15. The summed E-state index contributed by atoms with van der Waals surface area (Å²) in [5.74, 6) is 0.0367. The number of aliphatic hydroxyl groups excluding tert-OH is 1. The topological polar surface area (TPSA) is 79.3 Å². The van der Waals surface area contributed by atoms with E-state index in [1.165, 1.54) is 0 Å². The molecular weight excluding hydrogens is 276 g/mol. The average molecular weight is 300 g/mol. The molecule has 0 aliphatic heterocycles. The normalized spacial score (nSPS) is 14.2. The monoisotopic (exact) mass is 300 g/mol. The molecule has 0 aliphatic carbocycles. The zero-order valence-corrected chi connectivity index (χ0v) is 13.2. The first-order valence-electron chi connectivity index (χ1n) is 6.74. The van der Waals surface area contributed by atoms with Gasteiger partial charge in [0, 0.05) is 25.0 Å². The number of rotatable bonds is 7. The Hall–Kier alpha value is -0.980. The summed E-state index contributed by atoms with van der Waals surface area (Å²) in [4.78, 5) is 3.90. The minimum atomic E-state index is -3.37. The molecule has 0 bridgehead atoms. The van der Waals surface area contributed by atoms with E-state index in [0.29, 0.717) is 12.8 Å². The fourth-order valence-corrected chi connectivity index (χ4v) is 3.40. The van der Waals surface area contributed by atoms with E-state index in [1.54, 1.807) is 12.4 Å². The number of aryl methyl sites for hydroxylation is 1.